The van der Waals surface area contributed by atoms with Gasteiger partial charge < -0.3 is 20.5 Å². The zero-order chi connectivity index (χ0) is 16.4. The summed E-state index contributed by atoms with van der Waals surface area (Å²) in [5, 5.41) is 11.2. The highest BCUT2D eigenvalue weighted by Crippen LogP contribution is 2.17. The monoisotopic (exact) mass is 320 g/mol. The Bertz CT molecular complexity index is 599. The normalized spacial score (nSPS) is 24.2. The Morgan fingerprint density at radius 3 is 2.91 bits per heavy atom. The smallest absolute Gasteiger partial charge is 0.225 e. The first kappa shape index (κ1) is 15.9. The predicted octanol–water partition coefficient (Wildman–Crippen LogP) is -0.574. The maximum atomic E-state index is 12.5. The van der Waals surface area contributed by atoms with E-state index in [1.807, 2.05) is 0 Å². The summed E-state index contributed by atoms with van der Waals surface area (Å²) in [5.74, 6) is 1.52. The van der Waals surface area contributed by atoms with Crippen molar-refractivity contribution in [2.24, 2.45) is 11.7 Å². The lowest BCUT2D eigenvalue weighted by molar-refractivity contribution is -0.131. The molecule has 2 atom stereocenters. The first-order chi connectivity index (χ1) is 11.0. The zero-order valence-corrected chi connectivity index (χ0v) is 13.5. The number of nitrogens with zero attached hydrogens (tertiary/aromatic N) is 4. The van der Waals surface area contributed by atoms with E-state index < -0.39 is 0 Å². The van der Waals surface area contributed by atoms with Gasteiger partial charge in [-0.3, -0.25) is 9.59 Å². The van der Waals surface area contributed by atoms with Crippen LogP contribution >= 0.6 is 0 Å². The van der Waals surface area contributed by atoms with Gasteiger partial charge in [0.1, 0.15) is 5.82 Å². The third-order valence-electron chi connectivity index (χ3n) is 4.70. The topological polar surface area (TPSA) is 106 Å². The molecule has 126 valence electrons. The highest BCUT2D eigenvalue weighted by Gasteiger charge is 2.28. The van der Waals surface area contributed by atoms with Crippen molar-refractivity contribution in [3.63, 3.8) is 0 Å². The molecule has 0 aromatic carbocycles. The summed E-state index contributed by atoms with van der Waals surface area (Å²) in [4.78, 5) is 25.8. The standard InChI is InChI=1S/C15H24N6O2/c1-10(22)20-8-11(4-5-12(16)9-20)15(23)17-7-14-19-18-13-3-2-6-21(13)14/h11-12H,2-9,16H2,1H3,(H,17,23)/t11-,12+/m1/s1. The average molecular weight is 320 g/mol. The van der Waals surface area contributed by atoms with Crippen LogP contribution in [0.2, 0.25) is 0 Å². The summed E-state index contributed by atoms with van der Waals surface area (Å²) in [6.45, 7) is 3.79. The largest absolute Gasteiger partial charge is 0.348 e. The molecule has 23 heavy (non-hydrogen) atoms. The minimum Gasteiger partial charge on any atom is -0.348 e. The lowest BCUT2D eigenvalue weighted by Gasteiger charge is -2.23. The second-order valence-electron chi connectivity index (χ2n) is 6.46. The van der Waals surface area contributed by atoms with Gasteiger partial charge in [-0.05, 0) is 19.3 Å². The Hall–Kier alpha value is -1.96. The van der Waals surface area contributed by atoms with Crippen LogP contribution in [-0.2, 0) is 29.1 Å². The molecule has 0 saturated carbocycles. The molecule has 2 aliphatic rings. The number of aryl methyl sites for hydroxylation is 1. The van der Waals surface area contributed by atoms with Crippen molar-refractivity contribution in [2.75, 3.05) is 13.1 Å². The van der Waals surface area contributed by atoms with Crippen LogP contribution in [0.3, 0.4) is 0 Å². The highest BCUT2D eigenvalue weighted by atomic mass is 16.2. The Kier molecular flexibility index (Phi) is 4.61. The number of nitrogens with two attached hydrogens (primary N) is 1. The van der Waals surface area contributed by atoms with Crippen molar-refractivity contribution < 1.29 is 9.59 Å². The molecule has 8 heteroatoms. The molecule has 3 heterocycles. The predicted molar refractivity (Wildman–Crippen MR) is 83.1 cm³/mol. The fourth-order valence-corrected chi connectivity index (χ4v) is 3.34. The van der Waals surface area contributed by atoms with Crippen LogP contribution in [0, 0.1) is 5.92 Å². The third kappa shape index (κ3) is 3.52. The van der Waals surface area contributed by atoms with E-state index in [0.717, 1.165) is 37.5 Å². The number of carbonyl (C=O) groups is 2. The van der Waals surface area contributed by atoms with Crippen molar-refractivity contribution in [2.45, 2.75) is 51.7 Å². The van der Waals surface area contributed by atoms with E-state index >= 15 is 0 Å². The average Bonchev–Trinajstić information content (AvgIpc) is 3.05. The summed E-state index contributed by atoms with van der Waals surface area (Å²) < 4.78 is 2.07. The lowest BCUT2D eigenvalue weighted by atomic mass is 10.0. The van der Waals surface area contributed by atoms with E-state index in [1.54, 1.807) is 4.90 Å². The molecular weight excluding hydrogens is 296 g/mol. The van der Waals surface area contributed by atoms with Gasteiger partial charge in [-0.1, -0.05) is 0 Å². The summed E-state index contributed by atoms with van der Waals surface area (Å²) >= 11 is 0. The van der Waals surface area contributed by atoms with Gasteiger partial charge in [0.2, 0.25) is 11.8 Å². The van der Waals surface area contributed by atoms with Crippen LogP contribution in [0.25, 0.3) is 0 Å². The third-order valence-corrected chi connectivity index (χ3v) is 4.70. The molecule has 1 fully saturated rings. The fraction of sp³-hybridized carbons (Fsp3) is 0.733. The van der Waals surface area contributed by atoms with E-state index in [4.69, 9.17) is 5.73 Å². The van der Waals surface area contributed by atoms with Crippen molar-refractivity contribution >= 4 is 11.8 Å². The quantitative estimate of drug-likeness (QED) is 0.775. The van der Waals surface area contributed by atoms with Gasteiger partial charge in [0.05, 0.1) is 12.5 Å². The fourth-order valence-electron chi connectivity index (χ4n) is 3.34. The molecule has 1 aromatic heterocycles. The minimum absolute atomic E-state index is 0.0320. The Morgan fingerprint density at radius 1 is 1.30 bits per heavy atom. The number of fused-ring (bicyclic) bond motifs is 1. The van der Waals surface area contributed by atoms with Crippen molar-refractivity contribution in [3.8, 4) is 0 Å². The SMILES string of the molecule is CC(=O)N1C[C@@H](N)CC[C@@H](C(=O)NCc2nnc3n2CCC3)C1. The van der Waals surface area contributed by atoms with Crippen LogP contribution in [0.1, 0.15) is 37.8 Å². The Balaban J connectivity index is 1.59. The number of rotatable bonds is 3. The van der Waals surface area contributed by atoms with Crippen molar-refractivity contribution in [1.82, 2.24) is 25.0 Å². The molecule has 1 saturated heterocycles. The van der Waals surface area contributed by atoms with E-state index in [2.05, 4.69) is 20.1 Å². The number of aromatic nitrogens is 3. The molecule has 0 aliphatic carbocycles. The van der Waals surface area contributed by atoms with Crippen LogP contribution in [0.15, 0.2) is 0 Å². The number of likely N-dealkylation sites (tertiary alicyclic amines) is 1. The lowest BCUT2D eigenvalue weighted by Crippen LogP contribution is -2.42. The van der Waals surface area contributed by atoms with Gasteiger partial charge in [0.15, 0.2) is 5.82 Å². The van der Waals surface area contributed by atoms with Crippen molar-refractivity contribution in [3.05, 3.63) is 11.6 Å². The van der Waals surface area contributed by atoms with Gasteiger partial charge in [-0.25, -0.2) is 0 Å². The van der Waals surface area contributed by atoms with Gasteiger partial charge in [0, 0.05) is 39.0 Å². The minimum atomic E-state index is -0.214. The summed E-state index contributed by atoms with van der Waals surface area (Å²) in [6.07, 6.45) is 3.49. The molecule has 0 radical (unpaired) electrons. The van der Waals surface area contributed by atoms with E-state index in [1.165, 1.54) is 6.92 Å². The molecule has 2 aliphatic heterocycles. The van der Waals surface area contributed by atoms with Crippen LogP contribution in [0.4, 0.5) is 0 Å². The molecular formula is C15H24N6O2. The molecule has 8 nitrogen and oxygen atoms in total. The van der Waals surface area contributed by atoms with Gasteiger partial charge in [-0.15, -0.1) is 10.2 Å². The van der Waals surface area contributed by atoms with Crippen molar-refractivity contribution in [1.29, 1.82) is 0 Å². The van der Waals surface area contributed by atoms with Gasteiger partial charge >= 0.3 is 0 Å². The first-order valence-electron chi connectivity index (χ1n) is 8.24. The number of nitrogens with one attached hydrogen (secondary N) is 1. The molecule has 3 N–H and O–H groups in total. The second-order valence-corrected chi connectivity index (χ2v) is 6.46. The van der Waals surface area contributed by atoms with Crippen LogP contribution in [0.5, 0.6) is 0 Å². The Labute approximate surface area is 135 Å². The van der Waals surface area contributed by atoms with Crippen LogP contribution < -0.4 is 11.1 Å². The number of amides is 2. The number of hydrogen-bond acceptors (Lipinski definition) is 5. The molecule has 1 aromatic rings. The summed E-state index contributed by atoms with van der Waals surface area (Å²) in [5.41, 5.74) is 5.99. The second kappa shape index (κ2) is 6.66. The molecule has 2 amide bonds. The first-order valence-corrected chi connectivity index (χ1v) is 8.24. The molecule has 0 bridgehead atoms. The van der Waals surface area contributed by atoms with E-state index in [0.29, 0.717) is 26.1 Å². The van der Waals surface area contributed by atoms with E-state index in [9.17, 15) is 9.59 Å². The number of hydrogen-bond donors (Lipinski definition) is 2. The van der Waals surface area contributed by atoms with Gasteiger partial charge in [-0.2, -0.15) is 0 Å². The van der Waals surface area contributed by atoms with Crippen LogP contribution in [-0.4, -0.2) is 50.6 Å². The van der Waals surface area contributed by atoms with E-state index in [-0.39, 0.29) is 23.8 Å². The number of carbonyl (C=O) groups excluding carboxylic acids is 2. The molecule has 0 unspecified atom stereocenters. The maximum Gasteiger partial charge on any atom is 0.225 e. The zero-order valence-electron chi connectivity index (χ0n) is 13.5. The molecule has 3 rings (SSSR count). The molecule has 0 spiro atoms. The summed E-state index contributed by atoms with van der Waals surface area (Å²) in [7, 11) is 0. The maximum absolute atomic E-state index is 12.5. The Morgan fingerprint density at radius 2 is 2.13 bits per heavy atom. The summed E-state index contributed by atoms with van der Waals surface area (Å²) in [6, 6.07) is -0.0588. The highest BCUT2D eigenvalue weighted by molar-refractivity contribution is 5.80. The van der Waals surface area contributed by atoms with Gasteiger partial charge in [0.25, 0.3) is 0 Å².